The minimum absolute atomic E-state index is 0.0262. The molecular formula is C26H25F4N7O3S. The van der Waals surface area contributed by atoms with E-state index in [9.17, 15) is 30.8 Å². The minimum Gasteiger partial charge on any atom is -0.359 e. The maximum atomic E-state index is 14.2. The number of carbonyl (C=O) groups excluding carboxylic acids is 1. The first-order chi connectivity index (χ1) is 19.3. The van der Waals surface area contributed by atoms with E-state index in [-0.39, 0.29) is 37.4 Å². The summed E-state index contributed by atoms with van der Waals surface area (Å²) in [6, 6.07) is 6.98. The van der Waals surface area contributed by atoms with Gasteiger partial charge in [0.1, 0.15) is 11.5 Å². The van der Waals surface area contributed by atoms with E-state index in [1.807, 2.05) is 0 Å². The first kappa shape index (κ1) is 28.5. The van der Waals surface area contributed by atoms with E-state index in [4.69, 9.17) is 5.41 Å². The molecule has 3 aromatic rings. The number of Topliss-reactive ketones (excluding diaryl/α,β-unsaturated/α-hetero) is 1. The lowest BCUT2D eigenvalue weighted by Gasteiger charge is -2.49. The van der Waals surface area contributed by atoms with Gasteiger partial charge in [0.25, 0.3) is 10.0 Å². The monoisotopic (exact) mass is 591 g/mol. The fourth-order valence-electron chi connectivity index (χ4n) is 5.50. The van der Waals surface area contributed by atoms with Crippen LogP contribution in [-0.2, 0) is 23.2 Å². The van der Waals surface area contributed by atoms with Crippen molar-refractivity contribution in [1.29, 1.82) is 5.41 Å². The van der Waals surface area contributed by atoms with Gasteiger partial charge in [0, 0.05) is 43.9 Å². The summed E-state index contributed by atoms with van der Waals surface area (Å²) in [5.74, 6) is -1.69. The second-order valence-corrected chi connectivity index (χ2v) is 12.0. The number of halogens is 4. The van der Waals surface area contributed by atoms with Crippen molar-refractivity contribution in [3.63, 3.8) is 0 Å². The predicted molar refractivity (Wildman–Crippen MR) is 139 cm³/mol. The molecule has 2 aromatic heterocycles. The van der Waals surface area contributed by atoms with E-state index in [0.717, 1.165) is 33.8 Å². The summed E-state index contributed by atoms with van der Waals surface area (Å²) < 4.78 is 82.0. The van der Waals surface area contributed by atoms with Crippen molar-refractivity contribution in [3.05, 3.63) is 77.1 Å². The third kappa shape index (κ3) is 5.38. The molecule has 0 radical (unpaired) electrons. The highest BCUT2D eigenvalue weighted by Gasteiger charge is 2.54. The number of pyridine rings is 1. The number of aromatic nitrogens is 4. The zero-order valence-corrected chi connectivity index (χ0v) is 22.5. The predicted octanol–water partition coefficient (Wildman–Crippen LogP) is 4.06. The summed E-state index contributed by atoms with van der Waals surface area (Å²) in [5.41, 5.74) is -1.52. The van der Waals surface area contributed by atoms with Crippen molar-refractivity contribution >= 4 is 27.7 Å². The molecule has 0 spiro atoms. The molecule has 1 fully saturated rings. The number of aryl methyl sites for hydroxylation is 1. The van der Waals surface area contributed by atoms with Gasteiger partial charge in [-0.25, -0.2) is 12.8 Å². The fraction of sp³-hybridized carbons (Fsp3) is 0.346. The van der Waals surface area contributed by atoms with Crippen molar-refractivity contribution < 1.29 is 30.8 Å². The molecular weight excluding hydrogens is 566 g/mol. The largest absolute Gasteiger partial charge is 0.416 e. The third-order valence-electron chi connectivity index (χ3n) is 7.58. The number of benzene rings is 1. The smallest absolute Gasteiger partial charge is 0.359 e. The molecule has 2 N–H and O–H groups in total. The Morgan fingerprint density at radius 3 is 2.59 bits per heavy atom. The molecule has 1 aromatic carbocycles. The van der Waals surface area contributed by atoms with Crippen molar-refractivity contribution in [2.24, 2.45) is 18.4 Å². The number of hydrogen-bond acceptors (Lipinski definition) is 8. The SMILES string of the molecule is Cn1ncc(S(=O)(=O)N2CC[C@H]3CC(Nc4ccc(F)cc4)=C(C=N)C[C@]3(C(=O)c3cc(C(F)(F)F)ccn3)C2)n1. The van der Waals surface area contributed by atoms with Gasteiger partial charge >= 0.3 is 6.18 Å². The number of rotatable bonds is 7. The number of nitrogens with one attached hydrogen (secondary N) is 2. The first-order valence-corrected chi connectivity index (χ1v) is 14.0. The van der Waals surface area contributed by atoms with Crippen molar-refractivity contribution in [2.75, 3.05) is 18.4 Å². The Labute approximate surface area is 232 Å². The molecule has 0 saturated carbocycles. The number of piperidine rings is 1. The van der Waals surface area contributed by atoms with Crippen molar-refractivity contribution in [3.8, 4) is 0 Å². The number of alkyl halides is 3. The lowest BCUT2D eigenvalue weighted by Crippen LogP contribution is -2.56. The Kier molecular flexibility index (Phi) is 7.27. The third-order valence-corrected chi connectivity index (χ3v) is 9.29. The molecule has 3 heterocycles. The highest BCUT2D eigenvalue weighted by atomic mass is 32.2. The van der Waals surface area contributed by atoms with Gasteiger partial charge in [0.2, 0.25) is 5.03 Å². The van der Waals surface area contributed by atoms with Gasteiger partial charge in [-0.3, -0.25) is 9.78 Å². The van der Waals surface area contributed by atoms with Crippen molar-refractivity contribution in [1.82, 2.24) is 24.3 Å². The van der Waals surface area contributed by atoms with E-state index in [2.05, 4.69) is 20.5 Å². The van der Waals surface area contributed by atoms with E-state index in [0.29, 0.717) is 23.0 Å². The quantitative estimate of drug-likeness (QED) is 0.241. The summed E-state index contributed by atoms with van der Waals surface area (Å²) in [5, 5.41) is 18.6. The van der Waals surface area contributed by atoms with E-state index in [1.165, 1.54) is 31.3 Å². The van der Waals surface area contributed by atoms with Crippen LogP contribution in [0, 0.1) is 22.6 Å². The van der Waals surface area contributed by atoms with Gasteiger partial charge in [-0.2, -0.15) is 27.4 Å². The molecule has 0 unspecified atom stereocenters. The fourth-order valence-corrected chi connectivity index (χ4v) is 6.92. The molecule has 1 saturated heterocycles. The summed E-state index contributed by atoms with van der Waals surface area (Å²) in [6.07, 6.45) is -1.44. The normalized spacial score (nSPS) is 21.8. The van der Waals surface area contributed by atoms with Crippen LogP contribution in [0.1, 0.15) is 35.3 Å². The number of allylic oxidation sites excluding steroid dienone is 2. The van der Waals surface area contributed by atoms with Gasteiger partial charge < -0.3 is 10.7 Å². The van der Waals surface area contributed by atoms with Gasteiger partial charge in [-0.1, -0.05) is 0 Å². The highest BCUT2D eigenvalue weighted by molar-refractivity contribution is 7.89. The minimum atomic E-state index is -4.72. The van der Waals surface area contributed by atoms with Crippen LogP contribution >= 0.6 is 0 Å². The Morgan fingerprint density at radius 1 is 1.22 bits per heavy atom. The first-order valence-electron chi connectivity index (χ1n) is 12.5. The van der Waals surface area contributed by atoms with Crippen molar-refractivity contribution in [2.45, 2.75) is 30.5 Å². The summed E-state index contributed by atoms with van der Waals surface area (Å²) in [6.45, 7) is -0.327. The van der Waals surface area contributed by atoms with Crippen LogP contribution in [0.4, 0.5) is 23.2 Å². The number of fused-ring (bicyclic) bond motifs is 1. The number of hydrogen-bond donors (Lipinski definition) is 2. The molecule has 5 rings (SSSR count). The molecule has 2 aliphatic rings. The molecule has 216 valence electrons. The molecule has 0 bridgehead atoms. The Bertz CT molecular complexity index is 1640. The lowest BCUT2D eigenvalue weighted by molar-refractivity contribution is -0.137. The summed E-state index contributed by atoms with van der Waals surface area (Å²) in [7, 11) is -2.75. The zero-order chi connectivity index (χ0) is 29.6. The Balaban J connectivity index is 1.58. The summed E-state index contributed by atoms with van der Waals surface area (Å²) >= 11 is 0. The number of sulfonamides is 1. The van der Waals surface area contributed by atoms with E-state index < -0.39 is 50.4 Å². The number of anilines is 1. The van der Waals surface area contributed by atoms with Crippen LogP contribution in [0.2, 0.25) is 0 Å². The Hall–Kier alpha value is -3.98. The molecule has 1 aliphatic heterocycles. The number of ketones is 1. The summed E-state index contributed by atoms with van der Waals surface area (Å²) in [4.78, 5) is 19.2. The number of carbonyl (C=O) groups is 1. The van der Waals surface area contributed by atoms with Gasteiger partial charge in [0.15, 0.2) is 5.78 Å². The molecule has 0 amide bonds. The number of nitrogens with zero attached hydrogens (tertiary/aromatic N) is 5. The maximum Gasteiger partial charge on any atom is 0.416 e. The second-order valence-electron chi connectivity index (χ2n) is 10.1. The average Bonchev–Trinajstić information content (AvgIpc) is 3.40. The lowest BCUT2D eigenvalue weighted by atomic mass is 9.60. The van der Waals surface area contributed by atoms with Crippen LogP contribution in [0.15, 0.2) is 65.1 Å². The van der Waals surface area contributed by atoms with Gasteiger partial charge in [-0.05, 0) is 67.2 Å². The van der Waals surface area contributed by atoms with Crippen LogP contribution < -0.4 is 5.32 Å². The Morgan fingerprint density at radius 2 is 1.95 bits per heavy atom. The topological polar surface area (TPSA) is 134 Å². The molecule has 15 heteroatoms. The molecule has 41 heavy (non-hydrogen) atoms. The zero-order valence-electron chi connectivity index (χ0n) is 21.7. The van der Waals surface area contributed by atoms with E-state index in [1.54, 1.807) is 0 Å². The standard InChI is InChI=1S/C26H25F4N7O3S/c1-36-33-14-23(35-36)41(39,40)37-9-7-17-10-21(34-20-4-2-19(27)3-5-20)16(13-31)12-25(17,15-37)24(38)22-11-18(6-8-32-22)26(28,29)30/h2-6,8,11,13-14,17,31,34H,7,9-10,12,15H2,1H3/t17-,25-/m0/s1. The van der Waals surface area contributed by atoms with Gasteiger partial charge in [0.05, 0.1) is 17.2 Å². The average molecular weight is 592 g/mol. The highest BCUT2D eigenvalue weighted by Crippen LogP contribution is 2.51. The van der Waals surface area contributed by atoms with Crippen LogP contribution in [0.5, 0.6) is 0 Å². The second kappa shape index (κ2) is 10.4. The van der Waals surface area contributed by atoms with Crippen LogP contribution in [0.3, 0.4) is 0 Å². The van der Waals surface area contributed by atoms with E-state index >= 15 is 0 Å². The molecule has 1 aliphatic carbocycles. The van der Waals surface area contributed by atoms with Crippen LogP contribution in [0.25, 0.3) is 0 Å². The maximum absolute atomic E-state index is 14.2. The molecule has 2 atom stereocenters. The van der Waals surface area contributed by atoms with Gasteiger partial charge in [-0.15, -0.1) is 5.10 Å². The van der Waals surface area contributed by atoms with Crippen LogP contribution in [-0.4, -0.2) is 57.8 Å². The molecule has 10 nitrogen and oxygen atoms in total.